The number of ether oxygens (including phenoxy) is 1. The molecule has 2 aromatic rings. The van der Waals surface area contributed by atoms with Gasteiger partial charge in [-0.25, -0.2) is 4.79 Å². The van der Waals surface area contributed by atoms with Gasteiger partial charge >= 0.3 is 5.97 Å². The highest BCUT2D eigenvalue weighted by atomic mass is 32.2. The summed E-state index contributed by atoms with van der Waals surface area (Å²) in [6.45, 7) is 3.42. The number of nitrogens with zero attached hydrogens (tertiary/aromatic N) is 1. The van der Waals surface area contributed by atoms with Gasteiger partial charge in [-0.2, -0.15) is 5.26 Å². The first kappa shape index (κ1) is 29.1. The predicted molar refractivity (Wildman–Crippen MR) is 140 cm³/mol. The third-order valence-corrected chi connectivity index (χ3v) is 6.20. The number of carboxylic acid groups (broad SMARTS) is 1. The molecule has 0 bridgehead atoms. The summed E-state index contributed by atoms with van der Waals surface area (Å²) in [6.07, 6.45) is 0.503. The molecule has 0 radical (unpaired) electrons. The van der Waals surface area contributed by atoms with Crippen LogP contribution in [0.15, 0.2) is 60.3 Å². The molecule has 0 aliphatic rings. The lowest BCUT2D eigenvalue weighted by Gasteiger charge is -2.22. The van der Waals surface area contributed by atoms with Crippen LogP contribution < -0.4 is 15.4 Å². The van der Waals surface area contributed by atoms with E-state index >= 15 is 0 Å². The van der Waals surface area contributed by atoms with Gasteiger partial charge in [-0.15, -0.1) is 11.8 Å². The summed E-state index contributed by atoms with van der Waals surface area (Å²) < 4.78 is 5.25. The van der Waals surface area contributed by atoms with E-state index < -0.39 is 29.6 Å². The van der Waals surface area contributed by atoms with Crippen molar-refractivity contribution in [2.75, 3.05) is 12.9 Å². The first-order chi connectivity index (χ1) is 17.6. The van der Waals surface area contributed by atoms with Gasteiger partial charge in [0.15, 0.2) is 5.78 Å². The molecule has 194 valence electrons. The third kappa shape index (κ3) is 9.46. The van der Waals surface area contributed by atoms with Gasteiger partial charge in [-0.1, -0.05) is 44.2 Å². The lowest BCUT2D eigenvalue weighted by Crippen LogP contribution is -2.50. The van der Waals surface area contributed by atoms with Crippen LogP contribution >= 0.6 is 11.8 Å². The van der Waals surface area contributed by atoms with E-state index in [9.17, 15) is 24.3 Å². The lowest BCUT2D eigenvalue weighted by atomic mass is 10.0. The quantitative estimate of drug-likeness (QED) is 0.340. The second kappa shape index (κ2) is 14.5. The van der Waals surface area contributed by atoms with Crippen LogP contribution in [0.1, 0.15) is 30.5 Å². The summed E-state index contributed by atoms with van der Waals surface area (Å²) >= 11 is 1.29. The second-order valence-electron chi connectivity index (χ2n) is 8.39. The average Bonchev–Trinajstić information content (AvgIpc) is 2.86. The molecule has 0 unspecified atom stereocenters. The molecule has 0 aromatic heterocycles. The number of Topliss-reactive ketones (excluding diaryl/α,β-unsaturated/α-hetero) is 1. The summed E-state index contributed by atoms with van der Waals surface area (Å²) in [5.74, 6) is -2.60. The number of nitrogens with one attached hydrogen (secondary N) is 2. The number of allylic oxidation sites excluding steroid dienone is 1. The van der Waals surface area contributed by atoms with Crippen molar-refractivity contribution in [1.29, 1.82) is 5.26 Å². The Hall–Kier alpha value is -4.10. The highest BCUT2D eigenvalue weighted by Gasteiger charge is 2.27. The van der Waals surface area contributed by atoms with Crippen LogP contribution in [0.3, 0.4) is 0 Å². The number of benzene rings is 2. The van der Waals surface area contributed by atoms with E-state index in [-0.39, 0.29) is 23.8 Å². The number of hydrogen-bond acceptors (Lipinski definition) is 7. The molecule has 10 heteroatoms. The zero-order valence-corrected chi connectivity index (χ0v) is 21.6. The predicted octanol–water partition coefficient (Wildman–Crippen LogP) is 2.84. The minimum atomic E-state index is -1.38. The Morgan fingerprint density at radius 1 is 1.14 bits per heavy atom. The van der Waals surface area contributed by atoms with E-state index in [0.29, 0.717) is 28.7 Å². The minimum Gasteiger partial charge on any atom is -0.496 e. The van der Waals surface area contributed by atoms with Gasteiger partial charge < -0.3 is 20.5 Å². The number of hydrogen-bond donors (Lipinski definition) is 3. The second-order valence-corrected chi connectivity index (χ2v) is 9.38. The van der Waals surface area contributed by atoms with Crippen LogP contribution in [0.5, 0.6) is 5.75 Å². The fraction of sp³-hybridized carbons (Fsp3) is 0.296. The molecule has 2 amide bonds. The Kier molecular flexibility index (Phi) is 11.4. The summed E-state index contributed by atoms with van der Waals surface area (Å²) in [5.41, 5.74) is 1.47. The van der Waals surface area contributed by atoms with Crippen LogP contribution in [0.2, 0.25) is 0 Å². The molecule has 0 heterocycles. The molecule has 2 rings (SSSR count). The number of methoxy groups -OCH3 is 1. The smallest absolute Gasteiger partial charge is 0.330 e. The normalized spacial score (nSPS) is 11.8. The number of nitriles is 1. The fourth-order valence-electron chi connectivity index (χ4n) is 3.35. The summed E-state index contributed by atoms with van der Waals surface area (Å²) in [7, 11) is 1.44. The van der Waals surface area contributed by atoms with Crippen molar-refractivity contribution in [3.8, 4) is 11.8 Å². The Morgan fingerprint density at radius 2 is 1.84 bits per heavy atom. The molecule has 0 aliphatic carbocycles. The van der Waals surface area contributed by atoms with E-state index in [1.54, 1.807) is 26.0 Å². The number of ketones is 1. The van der Waals surface area contributed by atoms with E-state index in [0.717, 1.165) is 5.56 Å². The number of rotatable bonds is 13. The monoisotopic (exact) mass is 523 g/mol. The average molecular weight is 524 g/mol. The number of amides is 2. The van der Waals surface area contributed by atoms with Gasteiger partial charge in [0, 0.05) is 11.3 Å². The van der Waals surface area contributed by atoms with E-state index in [2.05, 4.69) is 10.6 Å². The van der Waals surface area contributed by atoms with E-state index in [1.807, 2.05) is 36.4 Å². The molecular weight excluding hydrogens is 494 g/mol. The molecule has 3 N–H and O–H groups in total. The SMILES string of the molecule is COc1ccc(C#N)cc1CC(=O)N[C@H](C(=O)NC(=CC(=O)O)C(=O)CSCc1ccccc1)C(C)C. The zero-order valence-electron chi connectivity index (χ0n) is 20.8. The van der Waals surface area contributed by atoms with E-state index in [1.165, 1.54) is 24.9 Å². The van der Waals surface area contributed by atoms with Gasteiger partial charge in [-0.05, 0) is 29.7 Å². The Bertz CT molecular complexity index is 1200. The molecule has 1 atom stereocenters. The highest BCUT2D eigenvalue weighted by molar-refractivity contribution is 7.99. The summed E-state index contributed by atoms with van der Waals surface area (Å²) in [5, 5.41) is 23.4. The van der Waals surface area contributed by atoms with Crippen molar-refractivity contribution in [2.24, 2.45) is 5.92 Å². The molecule has 0 saturated carbocycles. The van der Waals surface area contributed by atoms with Gasteiger partial charge in [0.25, 0.3) is 0 Å². The molecule has 0 spiro atoms. The van der Waals surface area contributed by atoms with Crippen molar-refractivity contribution >= 4 is 35.3 Å². The maximum atomic E-state index is 13.0. The summed E-state index contributed by atoms with van der Waals surface area (Å²) in [4.78, 5) is 49.8. The van der Waals surface area contributed by atoms with E-state index in [4.69, 9.17) is 10.00 Å². The molecule has 0 fully saturated rings. The van der Waals surface area contributed by atoms with Gasteiger partial charge in [0.2, 0.25) is 11.8 Å². The fourth-order valence-corrected chi connectivity index (χ4v) is 4.22. The van der Waals surface area contributed by atoms with Gasteiger partial charge in [-0.3, -0.25) is 14.4 Å². The van der Waals surface area contributed by atoms with Gasteiger partial charge in [0.1, 0.15) is 11.8 Å². The Balaban J connectivity index is 2.08. The number of thioether (sulfide) groups is 1. The van der Waals surface area contributed by atoms with Crippen LogP contribution in [0.25, 0.3) is 0 Å². The Morgan fingerprint density at radius 3 is 2.43 bits per heavy atom. The van der Waals surface area contributed by atoms with Crippen molar-refractivity contribution in [3.05, 3.63) is 77.0 Å². The molecule has 37 heavy (non-hydrogen) atoms. The molecule has 2 aromatic carbocycles. The minimum absolute atomic E-state index is 0.0397. The van der Waals surface area contributed by atoms with Crippen LogP contribution in [0, 0.1) is 17.2 Å². The standard InChI is InChI=1S/C27H29N3O6S/c1-17(2)26(30-24(32)12-20-11-19(14-28)9-10-23(20)36-3)27(35)29-21(13-25(33)34)22(31)16-37-15-18-7-5-4-6-8-18/h4-11,13,17,26H,12,15-16H2,1-3H3,(H,29,35)(H,30,32)(H,33,34)/t26-/m0/s1. The number of carbonyl (C=O) groups is 4. The lowest BCUT2D eigenvalue weighted by molar-refractivity contribution is -0.132. The van der Waals surface area contributed by atoms with Crippen molar-refractivity contribution in [2.45, 2.75) is 32.1 Å². The van der Waals surface area contributed by atoms with Gasteiger partial charge in [0.05, 0.1) is 42.7 Å². The number of aliphatic carboxylic acids is 1. The zero-order chi connectivity index (χ0) is 27.4. The number of carboxylic acids is 1. The summed E-state index contributed by atoms with van der Waals surface area (Å²) in [6, 6.07) is 15.1. The maximum absolute atomic E-state index is 13.0. The first-order valence-electron chi connectivity index (χ1n) is 11.4. The maximum Gasteiger partial charge on any atom is 0.330 e. The highest BCUT2D eigenvalue weighted by Crippen LogP contribution is 2.20. The van der Waals surface area contributed by atoms with Crippen LogP contribution in [0.4, 0.5) is 0 Å². The number of carbonyl (C=O) groups excluding carboxylic acids is 3. The first-order valence-corrected chi connectivity index (χ1v) is 12.6. The van der Waals surface area contributed by atoms with Crippen molar-refractivity contribution < 1.29 is 29.0 Å². The van der Waals surface area contributed by atoms with Crippen LogP contribution in [-0.2, 0) is 31.4 Å². The van der Waals surface area contributed by atoms with Crippen LogP contribution in [-0.4, -0.2) is 47.6 Å². The van der Waals surface area contributed by atoms with Crippen molar-refractivity contribution in [3.63, 3.8) is 0 Å². The molecule has 0 aliphatic heterocycles. The Labute approximate surface area is 219 Å². The van der Waals surface area contributed by atoms with Crippen molar-refractivity contribution in [1.82, 2.24) is 10.6 Å². The third-order valence-electron chi connectivity index (χ3n) is 5.20. The topological polar surface area (TPSA) is 146 Å². The molecule has 0 saturated heterocycles. The molecule has 9 nitrogen and oxygen atoms in total. The molecular formula is C27H29N3O6S. The largest absolute Gasteiger partial charge is 0.496 e.